The number of allylic oxidation sites excluding steroid dienone is 1. The second kappa shape index (κ2) is 10.1. The molecule has 2 aliphatic rings. The lowest BCUT2D eigenvalue weighted by Crippen LogP contribution is -2.34. The van der Waals surface area contributed by atoms with Gasteiger partial charge in [-0.05, 0) is 60.2 Å². The number of hydrogen-bond donors (Lipinski definition) is 2. The van der Waals surface area contributed by atoms with E-state index in [4.69, 9.17) is 15.6 Å². The van der Waals surface area contributed by atoms with Crippen molar-refractivity contribution >= 4 is 29.4 Å². The molecule has 1 saturated carbocycles. The molecule has 1 aliphatic carbocycles. The number of aromatic hydroxyl groups is 1. The van der Waals surface area contributed by atoms with Gasteiger partial charge in [-0.3, -0.25) is 4.79 Å². The molecule has 3 aromatic carbocycles. The molecule has 0 radical (unpaired) electrons. The van der Waals surface area contributed by atoms with E-state index in [0.29, 0.717) is 0 Å². The Balaban J connectivity index is 1.42. The fourth-order valence-corrected chi connectivity index (χ4v) is 4.93. The van der Waals surface area contributed by atoms with E-state index in [-0.39, 0.29) is 29.0 Å². The van der Waals surface area contributed by atoms with Crippen LogP contribution < -0.4 is 5.73 Å². The summed E-state index contributed by atoms with van der Waals surface area (Å²) in [5, 5.41) is 16.0. The Bertz CT molecular complexity index is 1340. The number of carbonyl (C=O) groups is 2. The molecule has 0 aromatic heterocycles. The van der Waals surface area contributed by atoms with Crippen LogP contribution in [0.25, 0.3) is 6.08 Å². The summed E-state index contributed by atoms with van der Waals surface area (Å²) in [5.41, 5.74) is 10.1. The molecule has 2 unspecified atom stereocenters. The Morgan fingerprint density at radius 1 is 1.06 bits per heavy atom. The van der Waals surface area contributed by atoms with Crippen molar-refractivity contribution < 1.29 is 19.4 Å². The lowest BCUT2D eigenvalue weighted by atomic mass is 9.77. The molecular formula is C29H27N3O4. The molecule has 0 bridgehead atoms. The average molecular weight is 482 g/mol. The predicted molar refractivity (Wildman–Crippen MR) is 138 cm³/mol. The minimum absolute atomic E-state index is 0.0110. The number of nitrogens with zero attached hydrogens (tertiary/aromatic N) is 2. The number of phenolic OH excluding ortho intramolecular Hbond substituents is 1. The zero-order valence-corrected chi connectivity index (χ0v) is 19.7. The van der Waals surface area contributed by atoms with Gasteiger partial charge < -0.3 is 15.6 Å². The fraction of sp³-hybridized carbons (Fsp3) is 0.207. The molecule has 7 nitrogen and oxygen atoms in total. The number of hydrogen-bond acceptors (Lipinski definition) is 6. The van der Waals surface area contributed by atoms with Crippen LogP contribution in [0, 0.1) is 5.92 Å². The van der Waals surface area contributed by atoms with E-state index in [1.807, 2.05) is 48.5 Å². The summed E-state index contributed by atoms with van der Waals surface area (Å²) in [4.78, 5) is 25.9. The number of nitrogen functional groups attached to an aromatic ring is 1. The summed E-state index contributed by atoms with van der Waals surface area (Å²) in [6.45, 7) is -0.488. The molecule has 1 aliphatic heterocycles. The van der Waals surface area contributed by atoms with E-state index >= 15 is 0 Å². The van der Waals surface area contributed by atoms with Crippen molar-refractivity contribution in [2.75, 3.05) is 12.3 Å². The number of ether oxygens (including phenoxy) is 1. The topological polar surface area (TPSA) is 105 Å². The third kappa shape index (κ3) is 4.73. The van der Waals surface area contributed by atoms with Crippen molar-refractivity contribution in [3.05, 3.63) is 101 Å². The van der Waals surface area contributed by atoms with Gasteiger partial charge in [-0.2, -0.15) is 5.10 Å². The highest BCUT2D eigenvalue weighted by Gasteiger charge is 2.43. The number of benzene rings is 3. The SMILES string of the molecule is Nc1ccc(O)cc1C(=O)OCC(=O)N1N=C2C(=Cc3ccccc3)CCCC2C1c1ccccc1. The van der Waals surface area contributed by atoms with E-state index in [1.54, 1.807) is 0 Å². The molecule has 1 heterocycles. The highest BCUT2D eigenvalue weighted by atomic mass is 16.5. The van der Waals surface area contributed by atoms with E-state index < -0.39 is 18.5 Å². The maximum Gasteiger partial charge on any atom is 0.340 e. The van der Waals surface area contributed by atoms with Gasteiger partial charge in [0.15, 0.2) is 6.61 Å². The molecule has 182 valence electrons. The molecule has 3 N–H and O–H groups in total. The van der Waals surface area contributed by atoms with Crippen LogP contribution >= 0.6 is 0 Å². The predicted octanol–water partition coefficient (Wildman–Crippen LogP) is 4.95. The first-order valence-corrected chi connectivity index (χ1v) is 12.0. The molecule has 0 spiro atoms. The summed E-state index contributed by atoms with van der Waals surface area (Å²) in [5.74, 6) is -1.25. The van der Waals surface area contributed by atoms with Crippen molar-refractivity contribution in [3.8, 4) is 5.75 Å². The molecule has 36 heavy (non-hydrogen) atoms. The number of rotatable bonds is 5. The highest BCUT2D eigenvalue weighted by Crippen LogP contribution is 2.44. The molecule has 1 amide bonds. The van der Waals surface area contributed by atoms with Crippen LogP contribution in [0.1, 0.15) is 46.8 Å². The number of fused-ring (bicyclic) bond motifs is 1. The van der Waals surface area contributed by atoms with Crippen LogP contribution in [0.2, 0.25) is 0 Å². The second-order valence-electron chi connectivity index (χ2n) is 9.01. The van der Waals surface area contributed by atoms with Crippen molar-refractivity contribution in [2.24, 2.45) is 11.0 Å². The van der Waals surface area contributed by atoms with E-state index in [1.165, 1.54) is 23.2 Å². The third-order valence-electron chi connectivity index (χ3n) is 6.62. The van der Waals surface area contributed by atoms with Crippen LogP contribution in [0.4, 0.5) is 5.69 Å². The summed E-state index contributed by atoms with van der Waals surface area (Å²) < 4.78 is 5.29. The second-order valence-corrected chi connectivity index (χ2v) is 9.01. The van der Waals surface area contributed by atoms with Gasteiger partial charge in [0.1, 0.15) is 5.75 Å². The molecule has 7 heteroatoms. The lowest BCUT2D eigenvalue weighted by molar-refractivity contribution is -0.137. The maximum absolute atomic E-state index is 13.4. The quantitative estimate of drug-likeness (QED) is 0.305. The number of nitrogens with two attached hydrogens (primary N) is 1. The first-order chi connectivity index (χ1) is 17.5. The first kappa shape index (κ1) is 23.4. The van der Waals surface area contributed by atoms with Gasteiger partial charge in [-0.25, -0.2) is 9.80 Å². The molecular weight excluding hydrogens is 454 g/mol. The Morgan fingerprint density at radius 2 is 1.78 bits per heavy atom. The summed E-state index contributed by atoms with van der Waals surface area (Å²) >= 11 is 0. The Hall–Kier alpha value is -4.39. The van der Waals surface area contributed by atoms with Crippen LogP contribution in [0.5, 0.6) is 5.75 Å². The number of phenols is 1. The van der Waals surface area contributed by atoms with Crippen molar-refractivity contribution in [1.29, 1.82) is 0 Å². The van der Waals surface area contributed by atoms with Gasteiger partial charge in [-0.15, -0.1) is 0 Å². The number of anilines is 1. The first-order valence-electron chi connectivity index (χ1n) is 12.0. The van der Waals surface area contributed by atoms with Gasteiger partial charge in [-0.1, -0.05) is 60.7 Å². The van der Waals surface area contributed by atoms with Crippen LogP contribution in [0.15, 0.2) is 89.5 Å². The van der Waals surface area contributed by atoms with Crippen molar-refractivity contribution in [1.82, 2.24) is 5.01 Å². The van der Waals surface area contributed by atoms with Crippen molar-refractivity contribution in [3.63, 3.8) is 0 Å². The molecule has 0 saturated heterocycles. The number of hydrazone groups is 1. The molecule has 1 fully saturated rings. The lowest BCUT2D eigenvalue weighted by Gasteiger charge is -2.29. The van der Waals surface area contributed by atoms with Gasteiger partial charge in [0.05, 0.1) is 17.3 Å². The number of carbonyl (C=O) groups excluding carboxylic acids is 2. The average Bonchev–Trinajstić information content (AvgIpc) is 3.30. The van der Waals surface area contributed by atoms with Crippen LogP contribution in [0.3, 0.4) is 0 Å². The van der Waals surface area contributed by atoms with Crippen LogP contribution in [-0.4, -0.2) is 34.3 Å². The van der Waals surface area contributed by atoms with Gasteiger partial charge in [0.25, 0.3) is 5.91 Å². The summed E-state index contributed by atoms with van der Waals surface area (Å²) in [7, 11) is 0. The van der Waals surface area contributed by atoms with E-state index in [2.05, 4.69) is 18.2 Å². The zero-order valence-electron chi connectivity index (χ0n) is 19.7. The molecule has 2 atom stereocenters. The minimum Gasteiger partial charge on any atom is -0.508 e. The maximum atomic E-state index is 13.4. The number of esters is 1. The minimum atomic E-state index is -0.776. The molecule has 5 rings (SSSR count). The summed E-state index contributed by atoms with van der Waals surface area (Å²) in [6, 6.07) is 23.7. The monoisotopic (exact) mass is 481 g/mol. The highest BCUT2D eigenvalue weighted by molar-refractivity contribution is 6.08. The number of amides is 1. The summed E-state index contributed by atoms with van der Waals surface area (Å²) in [6.07, 6.45) is 4.94. The Morgan fingerprint density at radius 3 is 2.53 bits per heavy atom. The fourth-order valence-electron chi connectivity index (χ4n) is 4.93. The van der Waals surface area contributed by atoms with Gasteiger partial charge >= 0.3 is 5.97 Å². The van der Waals surface area contributed by atoms with Gasteiger partial charge in [0.2, 0.25) is 0 Å². The molecule has 3 aromatic rings. The van der Waals surface area contributed by atoms with E-state index in [0.717, 1.165) is 41.7 Å². The largest absolute Gasteiger partial charge is 0.508 e. The zero-order chi connectivity index (χ0) is 25.1. The Labute approximate surface area is 209 Å². The third-order valence-corrected chi connectivity index (χ3v) is 6.62. The van der Waals surface area contributed by atoms with Gasteiger partial charge in [0, 0.05) is 11.6 Å². The standard InChI is InChI=1S/C29H27N3O4/c30-25-15-14-22(33)17-24(25)29(35)36-18-26(34)32-28(20-10-5-2-6-11-20)23-13-7-12-21(27(23)31-32)16-19-8-3-1-4-9-19/h1-6,8-11,14-17,23,28,33H,7,12-13,18,30H2. The normalized spacial score (nSPS) is 20.1. The smallest absolute Gasteiger partial charge is 0.340 e. The van der Waals surface area contributed by atoms with Crippen molar-refractivity contribution in [2.45, 2.75) is 25.3 Å². The van der Waals surface area contributed by atoms with Crippen LogP contribution in [-0.2, 0) is 9.53 Å². The van der Waals surface area contributed by atoms with E-state index in [9.17, 15) is 14.7 Å². The Kier molecular flexibility index (Phi) is 6.54.